The Bertz CT molecular complexity index is 887. The van der Waals surface area contributed by atoms with Gasteiger partial charge in [-0.25, -0.2) is 9.18 Å². The van der Waals surface area contributed by atoms with Crippen molar-refractivity contribution < 1.29 is 23.5 Å². The molecule has 5 nitrogen and oxygen atoms in total. The molecular weight excluding hydrogens is 373 g/mol. The minimum atomic E-state index is -0.459. The number of nitrogens with zero attached hydrogens (tertiary/aromatic N) is 1. The fourth-order valence-electron chi connectivity index (χ4n) is 4.58. The summed E-state index contributed by atoms with van der Waals surface area (Å²) >= 11 is 0. The maximum atomic E-state index is 13.7. The molecule has 2 aliphatic rings. The lowest BCUT2D eigenvalue weighted by Crippen LogP contribution is -2.48. The second-order valence-electron chi connectivity index (χ2n) is 7.71. The van der Waals surface area contributed by atoms with Gasteiger partial charge in [0.15, 0.2) is 5.78 Å². The minimum Gasteiger partial charge on any atom is -0.496 e. The van der Waals surface area contributed by atoms with Crippen LogP contribution in [0.4, 0.5) is 9.18 Å². The van der Waals surface area contributed by atoms with Crippen molar-refractivity contribution in [3.05, 3.63) is 65.5 Å². The number of rotatable bonds is 5. The Hall–Kier alpha value is -2.89. The summed E-state index contributed by atoms with van der Waals surface area (Å²) in [7, 11) is 1.47. The molecule has 2 fully saturated rings. The Morgan fingerprint density at radius 1 is 1.07 bits per heavy atom. The van der Waals surface area contributed by atoms with E-state index >= 15 is 0 Å². The quantitative estimate of drug-likeness (QED) is 0.692. The molecule has 4 rings (SSSR count). The molecule has 0 saturated carbocycles. The predicted octanol–water partition coefficient (Wildman–Crippen LogP) is 4.60. The monoisotopic (exact) mass is 397 g/mol. The van der Waals surface area contributed by atoms with Crippen molar-refractivity contribution in [3.63, 3.8) is 0 Å². The highest BCUT2D eigenvalue weighted by Crippen LogP contribution is 2.41. The van der Waals surface area contributed by atoms with E-state index in [0.717, 1.165) is 18.4 Å². The SMILES string of the molecule is COc1ccc(F)cc1C(=O)C1CC2CCC(C1)N2C(=O)OCc1ccccc1. The van der Waals surface area contributed by atoms with Crippen LogP contribution in [0.5, 0.6) is 5.75 Å². The zero-order chi connectivity index (χ0) is 20.4. The summed E-state index contributed by atoms with van der Waals surface area (Å²) in [6.07, 6.45) is 2.52. The van der Waals surface area contributed by atoms with Crippen LogP contribution in [0.15, 0.2) is 48.5 Å². The number of halogens is 1. The van der Waals surface area contributed by atoms with Crippen LogP contribution in [0.25, 0.3) is 0 Å². The van der Waals surface area contributed by atoms with Crippen LogP contribution in [0.2, 0.25) is 0 Å². The molecule has 2 heterocycles. The first-order chi connectivity index (χ1) is 14.1. The molecule has 0 aliphatic carbocycles. The molecule has 152 valence electrons. The zero-order valence-electron chi connectivity index (χ0n) is 16.3. The van der Waals surface area contributed by atoms with Gasteiger partial charge in [0.25, 0.3) is 0 Å². The largest absolute Gasteiger partial charge is 0.496 e. The topological polar surface area (TPSA) is 55.8 Å². The summed E-state index contributed by atoms with van der Waals surface area (Å²) in [4.78, 5) is 27.5. The van der Waals surface area contributed by atoms with Crippen LogP contribution in [-0.4, -0.2) is 36.0 Å². The summed E-state index contributed by atoms with van der Waals surface area (Å²) < 4.78 is 24.4. The van der Waals surface area contributed by atoms with Crippen molar-refractivity contribution in [3.8, 4) is 5.75 Å². The second-order valence-corrected chi connectivity index (χ2v) is 7.71. The van der Waals surface area contributed by atoms with Gasteiger partial charge in [-0.1, -0.05) is 30.3 Å². The lowest BCUT2D eigenvalue weighted by molar-refractivity contribution is 0.0484. The van der Waals surface area contributed by atoms with Gasteiger partial charge in [0.05, 0.1) is 12.7 Å². The third-order valence-electron chi connectivity index (χ3n) is 5.95. The molecule has 0 spiro atoms. The van der Waals surface area contributed by atoms with E-state index in [-0.39, 0.29) is 42.0 Å². The lowest BCUT2D eigenvalue weighted by atomic mass is 9.84. The molecule has 2 aromatic carbocycles. The number of fused-ring (bicyclic) bond motifs is 2. The average molecular weight is 397 g/mol. The highest BCUT2D eigenvalue weighted by Gasteiger charge is 2.46. The molecule has 29 heavy (non-hydrogen) atoms. The molecule has 2 atom stereocenters. The molecule has 2 saturated heterocycles. The smallest absolute Gasteiger partial charge is 0.410 e. The maximum absolute atomic E-state index is 13.7. The number of carbonyl (C=O) groups excluding carboxylic acids is 2. The molecule has 0 aromatic heterocycles. The molecule has 2 unspecified atom stereocenters. The fraction of sp³-hybridized carbons (Fsp3) is 0.391. The second kappa shape index (κ2) is 8.23. The van der Waals surface area contributed by atoms with Gasteiger partial charge in [-0.3, -0.25) is 4.79 Å². The summed E-state index contributed by atoms with van der Waals surface area (Å²) in [5, 5.41) is 0. The van der Waals surface area contributed by atoms with E-state index < -0.39 is 5.82 Å². The standard InChI is InChI=1S/C23H24FNO4/c1-28-21-10-7-17(24)13-20(21)22(26)16-11-18-8-9-19(12-16)25(18)23(27)29-14-15-5-3-2-4-6-15/h2-7,10,13,16,18-19H,8-9,11-12,14H2,1H3. The van der Waals surface area contributed by atoms with Crippen molar-refractivity contribution in [1.82, 2.24) is 4.90 Å². The number of carbonyl (C=O) groups is 2. The number of piperidine rings is 1. The Kier molecular flexibility index (Phi) is 5.51. The van der Waals surface area contributed by atoms with Gasteiger partial charge >= 0.3 is 6.09 Å². The van der Waals surface area contributed by atoms with Crippen LogP contribution < -0.4 is 4.74 Å². The molecule has 1 amide bonds. The minimum absolute atomic E-state index is 0.0227. The van der Waals surface area contributed by atoms with Crippen LogP contribution in [-0.2, 0) is 11.3 Å². The van der Waals surface area contributed by atoms with E-state index in [1.807, 2.05) is 30.3 Å². The Labute approximate surface area is 169 Å². The number of amides is 1. The van der Waals surface area contributed by atoms with E-state index in [1.54, 1.807) is 4.90 Å². The van der Waals surface area contributed by atoms with E-state index in [1.165, 1.54) is 25.3 Å². The number of hydrogen-bond acceptors (Lipinski definition) is 4. The average Bonchev–Trinajstić information content (AvgIpc) is 3.01. The van der Waals surface area contributed by atoms with Crippen LogP contribution in [0.3, 0.4) is 0 Å². The van der Waals surface area contributed by atoms with Crippen molar-refractivity contribution in [1.29, 1.82) is 0 Å². The number of benzene rings is 2. The van der Waals surface area contributed by atoms with Crippen molar-refractivity contribution >= 4 is 11.9 Å². The fourth-order valence-corrected chi connectivity index (χ4v) is 4.58. The highest BCUT2D eigenvalue weighted by molar-refractivity contribution is 6.00. The van der Waals surface area contributed by atoms with Crippen LogP contribution >= 0.6 is 0 Å². The Balaban J connectivity index is 1.43. The molecule has 2 aliphatic heterocycles. The van der Waals surface area contributed by atoms with Crippen molar-refractivity contribution in [2.45, 2.75) is 44.4 Å². The van der Waals surface area contributed by atoms with E-state index in [9.17, 15) is 14.0 Å². The number of methoxy groups -OCH3 is 1. The number of ketones is 1. The first-order valence-corrected chi connectivity index (χ1v) is 9.93. The van der Waals surface area contributed by atoms with E-state index in [0.29, 0.717) is 18.6 Å². The molecule has 0 N–H and O–H groups in total. The lowest BCUT2D eigenvalue weighted by Gasteiger charge is -2.37. The van der Waals surface area contributed by atoms with E-state index in [4.69, 9.17) is 9.47 Å². The van der Waals surface area contributed by atoms with E-state index in [2.05, 4.69) is 0 Å². The third kappa shape index (κ3) is 3.97. The molecule has 6 heteroatoms. The number of ether oxygens (including phenoxy) is 2. The number of hydrogen-bond donors (Lipinski definition) is 0. The van der Waals surface area contributed by atoms with Gasteiger partial charge in [0.2, 0.25) is 0 Å². The summed E-state index contributed by atoms with van der Waals surface area (Å²) in [5.41, 5.74) is 1.22. The van der Waals surface area contributed by atoms with Gasteiger partial charge in [0, 0.05) is 18.0 Å². The zero-order valence-corrected chi connectivity index (χ0v) is 16.3. The predicted molar refractivity (Wildman–Crippen MR) is 105 cm³/mol. The maximum Gasteiger partial charge on any atom is 0.410 e. The first kappa shape index (κ1) is 19.4. The molecule has 0 radical (unpaired) electrons. The summed E-state index contributed by atoms with van der Waals surface area (Å²) in [5.74, 6) is -0.440. The van der Waals surface area contributed by atoms with Gasteiger partial charge in [-0.05, 0) is 49.4 Å². The number of Topliss-reactive ketones (excluding diaryl/α,β-unsaturated/α-hetero) is 1. The molecule has 2 aromatic rings. The van der Waals surface area contributed by atoms with Gasteiger partial charge < -0.3 is 14.4 Å². The van der Waals surface area contributed by atoms with Gasteiger partial charge in [-0.15, -0.1) is 0 Å². The van der Waals surface area contributed by atoms with Crippen molar-refractivity contribution in [2.24, 2.45) is 5.92 Å². The van der Waals surface area contributed by atoms with Gasteiger partial charge in [0.1, 0.15) is 18.2 Å². The van der Waals surface area contributed by atoms with Crippen LogP contribution in [0.1, 0.15) is 41.6 Å². The van der Waals surface area contributed by atoms with Crippen molar-refractivity contribution in [2.75, 3.05) is 7.11 Å². The summed E-state index contributed by atoms with van der Waals surface area (Å²) in [6.45, 7) is 0.235. The normalized spacial score (nSPS) is 23.0. The van der Waals surface area contributed by atoms with Gasteiger partial charge in [-0.2, -0.15) is 0 Å². The Morgan fingerprint density at radius 3 is 2.41 bits per heavy atom. The Morgan fingerprint density at radius 2 is 1.76 bits per heavy atom. The first-order valence-electron chi connectivity index (χ1n) is 9.93. The van der Waals surface area contributed by atoms with Crippen LogP contribution in [0, 0.1) is 11.7 Å². The molecule has 2 bridgehead atoms. The third-order valence-corrected chi connectivity index (χ3v) is 5.95. The summed E-state index contributed by atoms with van der Waals surface area (Å²) in [6, 6.07) is 13.5. The molecular formula is C23H24FNO4. The highest BCUT2D eigenvalue weighted by atomic mass is 19.1.